The fraction of sp³-hybridized carbons (Fsp3) is 0.257. The summed E-state index contributed by atoms with van der Waals surface area (Å²) in [5, 5.41) is 3.98. The Bertz CT molecular complexity index is 1800. The van der Waals surface area contributed by atoms with Crippen LogP contribution in [-0.2, 0) is 32.6 Å². The second kappa shape index (κ2) is 14.9. The Hall–Kier alpha value is -3.56. The first-order chi connectivity index (χ1) is 21.7. The van der Waals surface area contributed by atoms with Crippen molar-refractivity contribution in [3.8, 4) is 0 Å². The van der Waals surface area contributed by atoms with Crippen LogP contribution < -0.4 is 9.62 Å². The van der Waals surface area contributed by atoms with Crippen LogP contribution in [0, 0.1) is 6.92 Å². The van der Waals surface area contributed by atoms with Crippen LogP contribution >= 0.6 is 34.8 Å². The van der Waals surface area contributed by atoms with Crippen molar-refractivity contribution in [2.45, 2.75) is 57.1 Å². The highest BCUT2D eigenvalue weighted by molar-refractivity contribution is 7.92. The standard InChI is InChI=1S/C35H36Cl3N3O4S/c1-24-28(36)16-11-17-31(24)41(46(44,45)27-14-9-6-10-15-27)23-33(42)40(22-26-18-19-29(37)30(38)20-26)32(34(43)39-35(2,3)4)21-25-12-7-5-8-13-25/h5-20,32H,21-23H2,1-4H3,(H,39,43). The van der Waals surface area contributed by atoms with Gasteiger partial charge in [0.05, 0.1) is 20.6 Å². The Morgan fingerprint density at radius 3 is 2.02 bits per heavy atom. The minimum atomic E-state index is -4.25. The molecule has 0 bridgehead atoms. The highest BCUT2D eigenvalue weighted by atomic mass is 35.5. The number of nitrogens with one attached hydrogen (secondary N) is 1. The van der Waals surface area contributed by atoms with E-state index in [0.29, 0.717) is 21.2 Å². The molecule has 7 nitrogen and oxygen atoms in total. The monoisotopic (exact) mass is 699 g/mol. The van der Waals surface area contributed by atoms with Gasteiger partial charge in [-0.25, -0.2) is 8.42 Å². The molecule has 1 unspecified atom stereocenters. The molecule has 0 aliphatic rings. The van der Waals surface area contributed by atoms with Crippen LogP contribution in [0.3, 0.4) is 0 Å². The molecule has 0 fully saturated rings. The van der Waals surface area contributed by atoms with Crippen LogP contribution in [-0.4, -0.2) is 43.3 Å². The fourth-order valence-corrected chi connectivity index (χ4v) is 6.92. The maximum Gasteiger partial charge on any atom is 0.264 e. The molecule has 4 rings (SSSR count). The predicted molar refractivity (Wildman–Crippen MR) is 186 cm³/mol. The lowest BCUT2D eigenvalue weighted by molar-refractivity contribution is -0.140. The van der Waals surface area contributed by atoms with Crippen molar-refractivity contribution >= 4 is 62.3 Å². The quantitative estimate of drug-likeness (QED) is 0.174. The smallest absolute Gasteiger partial charge is 0.264 e. The van der Waals surface area contributed by atoms with E-state index in [1.807, 2.05) is 51.1 Å². The zero-order valence-corrected chi connectivity index (χ0v) is 29.1. The van der Waals surface area contributed by atoms with E-state index in [1.165, 1.54) is 17.0 Å². The SMILES string of the molecule is Cc1c(Cl)cccc1N(CC(=O)N(Cc1ccc(Cl)c(Cl)c1)C(Cc1ccccc1)C(=O)NC(C)(C)C)S(=O)(=O)c1ccccc1. The number of amides is 2. The van der Waals surface area contributed by atoms with Gasteiger partial charge in [0.1, 0.15) is 12.6 Å². The zero-order chi connectivity index (χ0) is 33.6. The second-order valence-corrected chi connectivity index (χ2v) is 15.0. The third kappa shape index (κ3) is 8.82. The van der Waals surface area contributed by atoms with Gasteiger partial charge in [0.15, 0.2) is 0 Å². The number of carbonyl (C=O) groups is 2. The molecule has 4 aromatic carbocycles. The fourth-order valence-electron chi connectivity index (χ4n) is 4.94. The molecular weight excluding hydrogens is 665 g/mol. The second-order valence-electron chi connectivity index (χ2n) is 11.9. The number of hydrogen-bond donors (Lipinski definition) is 1. The van der Waals surface area contributed by atoms with Crippen LogP contribution in [0.2, 0.25) is 15.1 Å². The van der Waals surface area contributed by atoms with Crippen LogP contribution in [0.5, 0.6) is 0 Å². The van der Waals surface area contributed by atoms with Gasteiger partial charge in [-0.15, -0.1) is 0 Å². The molecule has 0 saturated heterocycles. The molecule has 0 saturated carbocycles. The van der Waals surface area contributed by atoms with Gasteiger partial charge >= 0.3 is 0 Å². The van der Waals surface area contributed by atoms with Crippen LogP contribution in [0.4, 0.5) is 5.69 Å². The molecule has 0 spiro atoms. The molecule has 0 aliphatic carbocycles. The van der Waals surface area contributed by atoms with E-state index in [1.54, 1.807) is 61.5 Å². The molecule has 2 amide bonds. The first-order valence-electron chi connectivity index (χ1n) is 14.6. The largest absolute Gasteiger partial charge is 0.350 e. The van der Waals surface area contributed by atoms with E-state index in [2.05, 4.69) is 5.32 Å². The van der Waals surface area contributed by atoms with Crippen LogP contribution in [0.15, 0.2) is 102 Å². The Kier molecular flexibility index (Phi) is 11.4. The molecule has 46 heavy (non-hydrogen) atoms. The number of benzene rings is 4. The third-order valence-corrected chi connectivity index (χ3v) is 10.1. The minimum Gasteiger partial charge on any atom is -0.350 e. The lowest BCUT2D eigenvalue weighted by atomic mass is 10.0. The summed E-state index contributed by atoms with van der Waals surface area (Å²) in [7, 11) is -4.25. The summed E-state index contributed by atoms with van der Waals surface area (Å²) < 4.78 is 29.4. The number of anilines is 1. The van der Waals surface area contributed by atoms with Crippen LogP contribution in [0.25, 0.3) is 0 Å². The summed E-state index contributed by atoms with van der Waals surface area (Å²) in [6, 6.07) is 26.0. The predicted octanol–water partition coefficient (Wildman–Crippen LogP) is 7.71. The summed E-state index contributed by atoms with van der Waals surface area (Å²) in [6.45, 7) is 6.60. The molecule has 0 heterocycles. The number of sulfonamides is 1. The molecule has 4 aromatic rings. The number of nitrogens with zero attached hydrogens (tertiary/aromatic N) is 2. The van der Waals surface area contributed by atoms with E-state index in [4.69, 9.17) is 34.8 Å². The molecular formula is C35H36Cl3N3O4S. The van der Waals surface area contributed by atoms with E-state index in [-0.39, 0.29) is 34.5 Å². The number of hydrogen-bond acceptors (Lipinski definition) is 4. The average molecular weight is 701 g/mol. The van der Waals surface area contributed by atoms with Gasteiger partial charge in [-0.3, -0.25) is 13.9 Å². The maximum absolute atomic E-state index is 14.6. The molecule has 0 radical (unpaired) electrons. The van der Waals surface area contributed by atoms with Crippen molar-refractivity contribution in [2.75, 3.05) is 10.8 Å². The molecule has 0 aliphatic heterocycles. The van der Waals surface area contributed by atoms with Gasteiger partial charge in [0.25, 0.3) is 10.0 Å². The van der Waals surface area contributed by atoms with Crippen molar-refractivity contribution in [3.63, 3.8) is 0 Å². The topological polar surface area (TPSA) is 86.8 Å². The summed E-state index contributed by atoms with van der Waals surface area (Å²) >= 11 is 19.0. The Labute approximate surface area is 286 Å². The van der Waals surface area contributed by atoms with Gasteiger partial charge < -0.3 is 10.2 Å². The van der Waals surface area contributed by atoms with Crippen molar-refractivity contribution in [1.29, 1.82) is 0 Å². The summed E-state index contributed by atoms with van der Waals surface area (Å²) in [5.41, 5.74) is 1.56. The van der Waals surface area contributed by atoms with E-state index < -0.39 is 34.1 Å². The van der Waals surface area contributed by atoms with E-state index in [0.717, 1.165) is 9.87 Å². The van der Waals surface area contributed by atoms with Gasteiger partial charge in [-0.2, -0.15) is 0 Å². The summed E-state index contributed by atoms with van der Waals surface area (Å²) in [4.78, 5) is 30.0. The van der Waals surface area contributed by atoms with E-state index in [9.17, 15) is 18.0 Å². The normalized spacial score (nSPS) is 12.3. The van der Waals surface area contributed by atoms with Gasteiger partial charge in [0.2, 0.25) is 11.8 Å². The Morgan fingerprint density at radius 2 is 1.41 bits per heavy atom. The Balaban J connectivity index is 1.86. The highest BCUT2D eigenvalue weighted by Crippen LogP contribution is 2.32. The molecule has 11 heteroatoms. The third-order valence-electron chi connectivity index (χ3n) is 7.22. The molecule has 1 N–H and O–H groups in total. The average Bonchev–Trinajstić information content (AvgIpc) is 3.01. The van der Waals surface area contributed by atoms with Gasteiger partial charge in [0, 0.05) is 23.5 Å². The molecule has 1 atom stereocenters. The summed E-state index contributed by atoms with van der Waals surface area (Å²) in [6.07, 6.45) is 0.178. The van der Waals surface area contributed by atoms with Crippen LogP contribution in [0.1, 0.15) is 37.5 Å². The first-order valence-corrected chi connectivity index (χ1v) is 17.2. The number of rotatable bonds is 11. The minimum absolute atomic E-state index is 0.00418. The number of halogens is 3. The lowest BCUT2D eigenvalue weighted by Crippen LogP contribution is -2.56. The van der Waals surface area contributed by atoms with Crippen molar-refractivity contribution < 1.29 is 18.0 Å². The van der Waals surface area contributed by atoms with Crippen molar-refractivity contribution in [2.24, 2.45) is 0 Å². The zero-order valence-electron chi connectivity index (χ0n) is 26.0. The lowest BCUT2D eigenvalue weighted by Gasteiger charge is -2.35. The highest BCUT2D eigenvalue weighted by Gasteiger charge is 2.36. The molecule has 242 valence electrons. The van der Waals surface area contributed by atoms with E-state index >= 15 is 0 Å². The van der Waals surface area contributed by atoms with Gasteiger partial charge in [-0.1, -0.05) is 95.5 Å². The maximum atomic E-state index is 14.6. The number of carbonyl (C=O) groups excluding carboxylic acids is 2. The first kappa shape index (κ1) is 35.3. The Morgan fingerprint density at radius 1 is 0.783 bits per heavy atom. The van der Waals surface area contributed by atoms with Crippen molar-refractivity contribution in [3.05, 3.63) is 129 Å². The van der Waals surface area contributed by atoms with Crippen molar-refractivity contribution in [1.82, 2.24) is 10.2 Å². The molecule has 0 aromatic heterocycles. The summed E-state index contributed by atoms with van der Waals surface area (Å²) in [5.74, 6) is -0.990. The van der Waals surface area contributed by atoms with Gasteiger partial charge in [-0.05, 0) is 80.8 Å².